The number of benzene rings is 2. The van der Waals surface area contributed by atoms with E-state index in [-0.39, 0.29) is 36.8 Å². The first-order valence-corrected chi connectivity index (χ1v) is 16.7. The third-order valence-electron chi connectivity index (χ3n) is 9.15. The number of fused-ring (bicyclic) bond motifs is 3. The topological polar surface area (TPSA) is 119 Å². The van der Waals surface area contributed by atoms with Gasteiger partial charge in [-0.2, -0.15) is 0 Å². The molecule has 0 bridgehead atoms. The summed E-state index contributed by atoms with van der Waals surface area (Å²) in [4.78, 5) is 54.4. The molecule has 206 valence electrons. The van der Waals surface area contributed by atoms with E-state index >= 15 is 0 Å². The number of anilines is 2. The zero-order valence-electron chi connectivity index (χ0n) is 22.5. The van der Waals surface area contributed by atoms with Crippen molar-refractivity contribution in [3.63, 3.8) is 0 Å². The first-order chi connectivity index (χ1) is 18.5. The highest BCUT2D eigenvalue weighted by Crippen LogP contribution is 2.58. The van der Waals surface area contributed by atoms with Crippen LogP contribution in [0.3, 0.4) is 0 Å². The number of carbonyl (C=O) groups is 3. The Morgan fingerprint density at radius 1 is 1.18 bits per heavy atom. The van der Waals surface area contributed by atoms with Gasteiger partial charge in [-0.05, 0) is 48.8 Å². The molecule has 1 spiro atoms. The maximum Gasteiger partial charge on any atom is 0.261 e. The zero-order valence-corrected chi connectivity index (χ0v) is 23.5. The van der Waals surface area contributed by atoms with Crippen molar-refractivity contribution in [3.8, 4) is 0 Å². The fraction of sp³-hybridized carbons (Fsp3) is 0.483. The SMILES string of the molecule is C[C@H]1[C@H]([Si](C)(C)O)[C@@H](CC(=O)N2Cc3ccccc3C[C@H]2CO)O[C@]12C(=O)Nc1ccc(N3CCC3=O)cc12. The molecule has 3 amide bonds. The summed E-state index contributed by atoms with van der Waals surface area (Å²) in [7, 11) is -2.93. The van der Waals surface area contributed by atoms with Crippen LogP contribution < -0.4 is 10.2 Å². The first kappa shape index (κ1) is 26.2. The van der Waals surface area contributed by atoms with Gasteiger partial charge in [0.05, 0.1) is 25.2 Å². The molecule has 5 atom stereocenters. The van der Waals surface area contributed by atoms with E-state index in [9.17, 15) is 24.3 Å². The van der Waals surface area contributed by atoms with Crippen LogP contribution in [0.5, 0.6) is 0 Å². The molecule has 0 aromatic heterocycles. The molecule has 10 heteroatoms. The predicted molar refractivity (Wildman–Crippen MR) is 147 cm³/mol. The van der Waals surface area contributed by atoms with Gasteiger partial charge >= 0.3 is 0 Å². The van der Waals surface area contributed by atoms with Gasteiger partial charge in [0.15, 0.2) is 13.9 Å². The summed E-state index contributed by atoms with van der Waals surface area (Å²) in [6, 6.07) is 13.1. The first-order valence-electron chi connectivity index (χ1n) is 13.7. The number of rotatable bonds is 5. The number of aliphatic hydroxyl groups excluding tert-OH is 1. The van der Waals surface area contributed by atoms with E-state index in [1.54, 1.807) is 15.9 Å². The fourth-order valence-corrected chi connectivity index (χ4v) is 9.73. The van der Waals surface area contributed by atoms with Crippen LogP contribution in [0, 0.1) is 5.92 Å². The Morgan fingerprint density at radius 3 is 2.56 bits per heavy atom. The second kappa shape index (κ2) is 9.26. The summed E-state index contributed by atoms with van der Waals surface area (Å²) in [6.07, 6.45) is 0.390. The van der Waals surface area contributed by atoms with E-state index in [0.29, 0.717) is 42.9 Å². The Kier molecular flexibility index (Phi) is 6.22. The largest absolute Gasteiger partial charge is 0.432 e. The van der Waals surface area contributed by atoms with E-state index in [2.05, 4.69) is 5.32 Å². The smallest absolute Gasteiger partial charge is 0.261 e. The van der Waals surface area contributed by atoms with Gasteiger partial charge in [0.25, 0.3) is 5.91 Å². The average Bonchev–Trinajstić information content (AvgIpc) is 3.35. The molecule has 39 heavy (non-hydrogen) atoms. The average molecular weight is 550 g/mol. The second-order valence-electron chi connectivity index (χ2n) is 11.9. The number of aliphatic hydroxyl groups is 1. The normalized spacial score (nSPS) is 29.8. The van der Waals surface area contributed by atoms with Gasteiger partial charge < -0.3 is 29.8 Å². The fourth-order valence-electron chi connectivity index (χ4n) is 7.17. The molecule has 3 N–H and O–H groups in total. The lowest BCUT2D eigenvalue weighted by atomic mass is 9.82. The van der Waals surface area contributed by atoms with Crippen LogP contribution >= 0.6 is 0 Å². The quantitative estimate of drug-likeness (QED) is 0.390. The van der Waals surface area contributed by atoms with Crippen LogP contribution in [0.4, 0.5) is 11.4 Å². The molecule has 0 aliphatic carbocycles. The van der Waals surface area contributed by atoms with Crippen molar-refractivity contribution in [1.29, 1.82) is 0 Å². The van der Waals surface area contributed by atoms with E-state index in [4.69, 9.17) is 4.74 Å². The van der Waals surface area contributed by atoms with Crippen LogP contribution in [-0.4, -0.2) is 66.1 Å². The minimum atomic E-state index is -2.93. The van der Waals surface area contributed by atoms with E-state index in [1.807, 2.05) is 56.4 Å². The number of hydrogen-bond donors (Lipinski definition) is 3. The van der Waals surface area contributed by atoms with Gasteiger partial charge in [0, 0.05) is 47.9 Å². The number of hydrogen-bond acceptors (Lipinski definition) is 6. The molecule has 4 aliphatic rings. The van der Waals surface area contributed by atoms with Crippen molar-refractivity contribution in [2.24, 2.45) is 5.92 Å². The number of ether oxygens (including phenoxy) is 1. The van der Waals surface area contributed by atoms with Crippen LogP contribution in [-0.2, 0) is 37.7 Å². The second-order valence-corrected chi connectivity index (χ2v) is 15.8. The Bertz CT molecular complexity index is 1360. The lowest BCUT2D eigenvalue weighted by molar-refractivity contribution is -0.149. The van der Waals surface area contributed by atoms with Crippen LogP contribution in [0.15, 0.2) is 42.5 Å². The lowest BCUT2D eigenvalue weighted by Gasteiger charge is -2.37. The number of carbonyl (C=O) groups excluding carboxylic acids is 3. The summed E-state index contributed by atoms with van der Waals surface area (Å²) in [5.74, 6) is -0.843. The standard InChI is InChI=1S/C29H35N3O6Si/c1-17-27(39(2,3)37)24(14-26(35)32-15-19-7-5-4-6-18(19)12-21(32)16-33)38-29(17)22-13-20(31-11-10-25(31)34)8-9-23(22)30-28(29)36/h4-9,13,17,21,24,27,33,37H,10-12,14-16H2,1-3H3,(H,30,36)/t17-,21-,24+,27-,29+/m0/s1. The molecule has 0 unspecified atom stereocenters. The Labute approximate surface area is 228 Å². The highest BCUT2D eigenvalue weighted by atomic mass is 28.4. The summed E-state index contributed by atoms with van der Waals surface area (Å²) in [5, 5.41) is 13.1. The third-order valence-corrected chi connectivity index (χ3v) is 11.6. The van der Waals surface area contributed by atoms with Crippen molar-refractivity contribution in [2.75, 3.05) is 23.4 Å². The van der Waals surface area contributed by atoms with Gasteiger partial charge in [-0.25, -0.2) is 0 Å². The molecule has 0 radical (unpaired) electrons. The number of nitrogens with one attached hydrogen (secondary N) is 1. The summed E-state index contributed by atoms with van der Waals surface area (Å²) in [5.41, 5.74) is 2.41. The number of β-lactam (4-membered cyclic amide) rings is 1. The van der Waals surface area contributed by atoms with E-state index in [0.717, 1.165) is 11.1 Å². The van der Waals surface area contributed by atoms with E-state index in [1.165, 1.54) is 0 Å². The van der Waals surface area contributed by atoms with Crippen LogP contribution in [0.25, 0.3) is 0 Å². The summed E-state index contributed by atoms with van der Waals surface area (Å²) >= 11 is 0. The van der Waals surface area contributed by atoms with Crippen LogP contribution in [0.2, 0.25) is 18.6 Å². The molecule has 9 nitrogen and oxygen atoms in total. The van der Waals surface area contributed by atoms with Crippen molar-refractivity contribution in [1.82, 2.24) is 4.90 Å². The van der Waals surface area contributed by atoms with Crippen molar-refractivity contribution >= 4 is 37.4 Å². The molecule has 2 aromatic rings. The van der Waals surface area contributed by atoms with Crippen molar-refractivity contribution in [2.45, 2.75) is 69.1 Å². The molecular weight excluding hydrogens is 514 g/mol. The maximum atomic E-state index is 13.8. The number of nitrogens with zero attached hydrogens (tertiary/aromatic N) is 2. The Hall–Kier alpha value is -3.05. The molecule has 6 rings (SSSR count). The molecular formula is C29H35N3O6Si. The van der Waals surface area contributed by atoms with Gasteiger partial charge in [0.1, 0.15) is 0 Å². The summed E-state index contributed by atoms with van der Waals surface area (Å²) < 4.78 is 6.66. The van der Waals surface area contributed by atoms with Gasteiger partial charge in [-0.15, -0.1) is 0 Å². The highest BCUT2D eigenvalue weighted by Gasteiger charge is 2.65. The molecule has 4 heterocycles. The molecule has 0 saturated carbocycles. The number of amides is 3. The van der Waals surface area contributed by atoms with Crippen molar-refractivity contribution < 1.29 is 29.0 Å². The molecule has 2 aromatic carbocycles. The monoisotopic (exact) mass is 549 g/mol. The minimum Gasteiger partial charge on any atom is -0.432 e. The molecule has 4 aliphatic heterocycles. The zero-order chi connectivity index (χ0) is 27.7. The Balaban J connectivity index is 1.33. The summed E-state index contributed by atoms with van der Waals surface area (Å²) in [6.45, 7) is 6.45. The minimum absolute atomic E-state index is 0.000666. The lowest BCUT2D eigenvalue weighted by Crippen LogP contribution is -2.48. The molecule has 2 saturated heterocycles. The highest BCUT2D eigenvalue weighted by molar-refractivity contribution is 6.71. The predicted octanol–water partition coefficient (Wildman–Crippen LogP) is 2.51. The van der Waals surface area contributed by atoms with Gasteiger partial charge in [0.2, 0.25) is 11.8 Å². The van der Waals surface area contributed by atoms with Gasteiger partial charge in [-0.3, -0.25) is 14.4 Å². The van der Waals surface area contributed by atoms with Crippen LogP contribution in [0.1, 0.15) is 36.5 Å². The Morgan fingerprint density at radius 2 is 1.92 bits per heavy atom. The third kappa shape index (κ3) is 4.04. The van der Waals surface area contributed by atoms with Gasteiger partial charge in [-0.1, -0.05) is 31.2 Å². The maximum absolute atomic E-state index is 13.8. The molecule has 2 fully saturated rings. The van der Waals surface area contributed by atoms with Crippen molar-refractivity contribution in [3.05, 3.63) is 59.2 Å². The van der Waals surface area contributed by atoms with E-state index < -0.39 is 31.5 Å².